The Morgan fingerprint density at radius 1 is 1.00 bits per heavy atom. The second kappa shape index (κ2) is 13.2. The first-order chi connectivity index (χ1) is 15.5. The van der Waals surface area contributed by atoms with Crippen LogP contribution >= 0.6 is 0 Å². The second-order valence-corrected chi connectivity index (χ2v) is 7.81. The molecular weight excluding hydrogens is 410 g/mol. The van der Waals surface area contributed by atoms with Gasteiger partial charge in [-0.15, -0.1) is 0 Å². The van der Waals surface area contributed by atoms with Crippen LogP contribution in [-0.4, -0.2) is 39.8 Å². The van der Waals surface area contributed by atoms with E-state index in [4.69, 9.17) is 18.9 Å². The Labute approximate surface area is 190 Å². The van der Waals surface area contributed by atoms with Crippen molar-refractivity contribution in [1.82, 2.24) is 5.32 Å². The SMILES string of the molecule is COc1ccc(CCC(OC=O)c2ccccc2OCC(=O)NCCC(C)C)cc1OC. The first kappa shape index (κ1) is 25.0. The third kappa shape index (κ3) is 7.80. The van der Waals surface area contributed by atoms with E-state index in [-0.39, 0.29) is 12.5 Å². The molecule has 7 heteroatoms. The normalized spacial score (nSPS) is 11.5. The Balaban J connectivity index is 2.05. The van der Waals surface area contributed by atoms with Gasteiger partial charge in [0, 0.05) is 12.1 Å². The molecule has 2 aromatic rings. The highest BCUT2D eigenvalue weighted by molar-refractivity contribution is 5.77. The van der Waals surface area contributed by atoms with Crippen LogP contribution in [0, 0.1) is 5.92 Å². The second-order valence-electron chi connectivity index (χ2n) is 7.81. The number of carbonyl (C=O) groups excluding carboxylic acids is 2. The largest absolute Gasteiger partial charge is 0.493 e. The lowest BCUT2D eigenvalue weighted by molar-refractivity contribution is -0.134. The van der Waals surface area contributed by atoms with E-state index < -0.39 is 6.10 Å². The maximum absolute atomic E-state index is 12.1. The number of nitrogens with one attached hydrogen (secondary N) is 1. The highest BCUT2D eigenvalue weighted by atomic mass is 16.5. The molecule has 0 bridgehead atoms. The van der Waals surface area contributed by atoms with Crippen LogP contribution in [0.1, 0.15) is 43.9 Å². The van der Waals surface area contributed by atoms with Crippen molar-refractivity contribution in [2.24, 2.45) is 5.92 Å². The zero-order valence-corrected chi connectivity index (χ0v) is 19.3. The predicted octanol–water partition coefficient (Wildman–Crippen LogP) is 4.09. The Bertz CT molecular complexity index is 867. The molecule has 7 nitrogen and oxygen atoms in total. The summed E-state index contributed by atoms with van der Waals surface area (Å²) in [4.78, 5) is 23.3. The summed E-state index contributed by atoms with van der Waals surface area (Å²) in [5.41, 5.74) is 1.74. The number of hydrogen-bond donors (Lipinski definition) is 1. The average molecular weight is 444 g/mol. The Morgan fingerprint density at radius 2 is 1.75 bits per heavy atom. The van der Waals surface area contributed by atoms with E-state index >= 15 is 0 Å². The van der Waals surface area contributed by atoms with Crippen molar-refractivity contribution in [3.05, 3.63) is 53.6 Å². The van der Waals surface area contributed by atoms with Gasteiger partial charge in [0.15, 0.2) is 18.1 Å². The average Bonchev–Trinajstić information content (AvgIpc) is 2.80. The molecule has 0 fully saturated rings. The van der Waals surface area contributed by atoms with Gasteiger partial charge >= 0.3 is 0 Å². The van der Waals surface area contributed by atoms with Gasteiger partial charge < -0.3 is 24.3 Å². The van der Waals surface area contributed by atoms with Crippen LogP contribution in [-0.2, 0) is 20.7 Å². The highest BCUT2D eigenvalue weighted by Gasteiger charge is 2.19. The molecule has 0 aliphatic heterocycles. The lowest BCUT2D eigenvalue weighted by Crippen LogP contribution is -2.30. The van der Waals surface area contributed by atoms with Crippen LogP contribution in [0.3, 0.4) is 0 Å². The van der Waals surface area contributed by atoms with E-state index in [1.54, 1.807) is 20.3 Å². The number of para-hydroxylation sites is 1. The van der Waals surface area contributed by atoms with Crippen LogP contribution in [0.2, 0.25) is 0 Å². The fourth-order valence-corrected chi connectivity index (χ4v) is 3.27. The van der Waals surface area contributed by atoms with Crippen LogP contribution in [0.4, 0.5) is 0 Å². The minimum Gasteiger partial charge on any atom is -0.493 e. The molecule has 0 spiro atoms. The Hall–Kier alpha value is -3.22. The number of ether oxygens (including phenoxy) is 4. The molecule has 0 aliphatic rings. The topological polar surface area (TPSA) is 83.1 Å². The number of rotatable bonds is 14. The number of amides is 1. The van der Waals surface area contributed by atoms with Gasteiger partial charge in [-0.25, -0.2) is 0 Å². The fraction of sp³-hybridized carbons (Fsp3) is 0.440. The maximum atomic E-state index is 12.1. The van der Waals surface area contributed by atoms with E-state index in [2.05, 4.69) is 19.2 Å². The number of methoxy groups -OCH3 is 2. The molecular formula is C25H33NO6. The van der Waals surface area contributed by atoms with E-state index in [1.165, 1.54) is 0 Å². The van der Waals surface area contributed by atoms with Gasteiger partial charge in [0.2, 0.25) is 0 Å². The van der Waals surface area contributed by atoms with Crippen molar-refractivity contribution in [2.45, 2.75) is 39.2 Å². The molecule has 32 heavy (non-hydrogen) atoms. The molecule has 0 aromatic heterocycles. The molecule has 1 amide bonds. The van der Waals surface area contributed by atoms with Gasteiger partial charge in [-0.1, -0.05) is 38.1 Å². The third-order valence-electron chi connectivity index (χ3n) is 5.03. The molecule has 2 rings (SSSR count). The number of benzene rings is 2. The van der Waals surface area contributed by atoms with E-state index in [1.807, 2.05) is 36.4 Å². The minimum atomic E-state index is -0.513. The van der Waals surface area contributed by atoms with Gasteiger partial charge in [0.05, 0.1) is 14.2 Å². The lowest BCUT2D eigenvalue weighted by Gasteiger charge is -2.19. The van der Waals surface area contributed by atoms with Crippen molar-refractivity contribution in [3.8, 4) is 17.2 Å². The molecule has 0 aliphatic carbocycles. The van der Waals surface area contributed by atoms with Crippen LogP contribution in [0.5, 0.6) is 17.2 Å². The van der Waals surface area contributed by atoms with Gasteiger partial charge in [-0.3, -0.25) is 9.59 Å². The maximum Gasteiger partial charge on any atom is 0.293 e. The summed E-state index contributed by atoms with van der Waals surface area (Å²) in [6.45, 7) is 5.17. The molecule has 1 unspecified atom stereocenters. The first-order valence-corrected chi connectivity index (χ1v) is 10.8. The predicted molar refractivity (Wildman–Crippen MR) is 122 cm³/mol. The van der Waals surface area contributed by atoms with Crippen molar-refractivity contribution in [1.29, 1.82) is 0 Å². The van der Waals surface area contributed by atoms with Crippen LogP contribution in [0.15, 0.2) is 42.5 Å². The zero-order valence-electron chi connectivity index (χ0n) is 19.3. The van der Waals surface area contributed by atoms with Crippen LogP contribution < -0.4 is 19.5 Å². The summed E-state index contributed by atoms with van der Waals surface area (Å²) in [7, 11) is 3.18. The quantitative estimate of drug-likeness (QED) is 0.443. The molecule has 0 heterocycles. The van der Waals surface area contributed by atoms with Gasteiger partial charge in [-0.2, -0.15) is 0 Å². The monoisotopic (exact) mass is 443 g/mol. The van der Waals surface area contributed by atoms with E-state index in [0.717, 1.165) is 17.5 Å². The number of aryl methyl sites for hydroxylation is 1. The third-order valence-corrected chi connectivity index (χ3v) is 5.03. The summed E-state index contributed by atoms with van der Waals surface area (Å²) in [5.74, 6) is 2.15. The molecule has 1 N–H and O–H groups in total. The molecule has 0 saturated carbocycles. The standard InChI is InChI=1S/C25H33NO6/c1-18(2)13-14-26-25(28)16-31-21-8-6-5-7-20(21)22(32-17-27)11-9-19-10-12-23(29-3)24(15-19)30-4/h5-8,10,12,15,17-18,22H,9,11,13-14,16H2,1-4H3,(H,26,28). The van der Waals surface area contributed by atoms with Crippen molar-refractivity contribution < 1.29 is 28.5 Å². The van der Waals surface area contributed by atoms with Crippen molar-refractivity contribution in [3.63, 3.8) is 0 Å². The summed E-state index contributed by atoms with van der Waals surface area (Å²) in [6.07, 6.45) is 1.58. The van der Waals surface area contributed by atoms with Crippen molar-refractivity contribution in [2.75, 3.05) is 27.4 Å². The van der Waals surface area contributed by atoms with Gasteiger partial charge in [0.25, 0.3) is 12.4 Å². The van der Waals surface area contributed by atoms with Crippen molar-refractivity contribution >= 4 is 12.4 Å². The van der Waals surface area contributed by atoms with E-state index in [9.17, 15) is 9.59 Å². The summed E-state index contributed by atoms with van der Waals surface area (Å²) in [5, 5.41) is 2.85. The highest BCUT2D eigenvalue weighted by Crippen LogP contribution is 2.32. The summed E-state index contributed by atoms with van der Waals surface area (Å²) < 4.78 is 21.8. The van der Waals surface area contributed by atoms with E-state index in [0.29, 0.717) is 49.0 Å². The molecule has 1 atom stereocenters. The smallest absolute Gasteiger partial charge is 0.293 e. The summed E-state index contributed by atoms with van der Waals surface area (Å²) in [6, 6.07) is 13.0. The fourth-order valence-electron chi connectivity index (χ4n) is 3.27. The van der Waals surface area contributed by atoms with Gasteiger partial charge in [-0.05, 0) is 48.9 Å². The Kier molecular flexibility index (Phi) is 10.4. The van der Waals surface area contributed by atoms with Crippen LogP contribution in [0.25, 0.3) is 0 Å². The van der Waals surface area contributed by atoms with Gasteiger partial charge in [0.1, 0.15) is 11.9 Å². The summed E-state index contributed by atoms with van der Waals surface area (Å²) >= 11 is 0. The minimum absolute atomic E-state index is 0.0986. The molecule has 2 aromatic carbocycles. The zero-order chi connectivity index (χ0) is 23.3. The molecule has 0 saturated heterocycles. The molecule has 0 radical (unpaired) electrons. The lowest BCUT2D eigenvalue weighted by atomic mass is 10.00. The Morgan fingerprint density at radius 3 is 2.44 bits per heavy atom. The number of carbonyl (C=O) groups is 2. The molecule has 174 valence electrons. The first-order valence-electron chi connectivity index (χ1n) is 10.8. The number of hydrogen-bond acceptors (Lipinski definition) is 6.